The summed E-state index contributed by atoms with van der Waals surface area (Å²) < 4.78 is 5.06. The maximum atomic E-state index is 5.76. The van der Waals surface area contributed by atoms with E-state index >= 15 is 0 Å². The summed E-state index contributed by atoms with van der Waals surface area (Å²) in [4.78, 5) is 0.269. The maximum Gasteiger partial charge on any atom is 0.284 e. The first kappa shape index (κ1) is 10.1. The van der Waals surface area contributed by atoms with Gasteiger partial charge in [0.1, 0.15) is 0 Å². The summed E-state index contributed by atoms with van der Waals surface area (Å²) in [5, 5.41) is 7.09. The predicted molar refractivity (Wildman–Crippen MR) is 62.1 cm³/mol. The van der Waals surface area contributed by atoms with Gasteiger partial charge in [0.05, 0.1) is 0 Å². The van der Waals surface area contributed by atoms with Crippen molar-refractivity contribution in [3.63, 3.8) is 0 Å². The third kappa shape index (κ3) is 2.78. The molecule has 0 amide bonds. The zero-order valence-corrected chi connectivity index (χ0v) is 9.18. The fraction of sp³-hybridized carbons (Fsp3) is 0. The number of hydrogen-bond acceptors (Lipinski definition) is 3. The Morgan fingerprint density at radius 2 is 2.00 bits per heavy atom. The van der Waals surface area contributed by atoms with Crippen LogP contribution in [0.4, 0.5) is 0 Å². The summed E-state index contributed by atoms with van der Waals surface area (Å²) >= 11 is 10.5. The molecule has 0 aliphatic rings. The van der Waals surface area contributed by atoms with Gasteiger partial charge in [-0.3, -0.25) is 0 Å². The fourth-order valence-electron chi connectivity index (χ4n) is 1.05. The lowest BCUT2D eigenvalue weighted by Crippen LogP contribution is -1.72. The first-order valence-electron chi connectivity index (χ1n) is 4.23. The van der Waals surface area contributed by atoms with E-state index in [1.165, 1.54) is 0 Å². The number of aromatic amines is 1. The van der Waals surface area contributed by atoms with Crippen LogP contribution in [-0.2, 0) is 0 Å². The molecule has 1 N–H and O–H groups in total. The van der Waals surface area contributed by atoms with Crippen LogP contribution < -0.4 is 0 Å². The van der Waals surface area contributed by atoms with Crippen molar-refractivity contribution in [2.75, 3.05) is 0 Å². The van der Waals surface area contributed by atoms with Crippen LogP contribution in [0.2, 0.25) is 5.02 Å². The third-order valence-corrected chi connectivity index (χ3v) is 2.17. The molecule has 0 saturated heterocycles. The minimum atomic E-state index is 0.269. The van der Waals surface area contributed by atoms with Gasteiger partial charge in [-0.2, -0.15) is 0 Å². The van der Waals surface area contributed by atoms with E-state index in [2.05, 4.69) is 10.2 Å². The summed E-state index contributed by atoms with van der Waals surface area (Å²) in [7, 11) is 0. The Balaban J connectivity index is 2.18. The van der Waals surface area contributed by atoms with Crippen molar-refractivity contribution in [1.29, 1.82) is 0 Å². The van der Waals surface area contributed by atoms with Crippen LogP contribution in [-0.4, -0.2) is 10.2 Å². The van der Waals surface area contributed by atoms with Gasteiger partial charge >= 0.3 is 0 Å². The average molecular weight is 239 g/mol. The average Bonchev–Trinajstić information content (AvgIpc) is 2.64. The lowest BCUT2D eigenvalue weighted by atomic mass is 10.2. The van der Waals surface area contributed by atoms with E-state index in [9.17, 15) is 0 Å². The fourth-order valence-corrected chi connectivity index (χ4v) is 1.31. The van der Waals surface area contributed by atoms with Crippen LogP contribution in [0.3, 0.4) is 0 Å². The molecule has 5 heteroatoms. The van der Waals surface area contributed by atoms with Crippen LogP contribution in [0, 0.1) is 4.84 Å². The molecule has 0 unspecified atom stereocenters. The minimum absolute atomic E-state index is 0.269. The molecule has 0 saturated carbocycles. The quantitative estimate of drug-likeness (QED) is 0.814. The van der Waals surface area contributed by atoms with Gasteiger partial charge in [-0.25, -0.2) is 5.10 Å². The van der Waals surface area contributed by atoms with Gasteiger partial charge in [0.15, 0.2) is 0 Å². The van der Waals surface area contributed by atoms with Crippen molar-refractivity contribution in [2.24, 2.45) is 0 Å². The monoisotopic (exact) mass is 238 g/mol. The second-order valence-corrected chi connectivity index (χ2v) is 3.64. The summed E-state index contributed by atoms with van der Waals surface area (Å²) in [5.41, 5.74) is 1.02. The number of halogens is 1. The molecule has 3 nitrogen and oxygen atoms in total. The van der Waals surface area contributed by atoms with Gasteiger partial charge in [-0.05, 0) is 36.0 Å². The Morgan fingerprint density at radius 3 is 2.60 bits per heavy atom. The summed E-state index contributed by atoms with van der Waals surface area (Å²) in [6.07, 6.45) is 3.60. The molecule has 2 aromatic rings. The Kier molecular flexibility index (Phi) is 2.99. The second-order valence-electron chi connectivity index (χ2n) is 2.84. The topological polar surface area (TPSA) is 41.8 Å². The Hall–Kier alpha value is -1.39. The molecule has 0 fully saturated rings. The van der Waals surface area contributed by atoms with Gasteiger partial charge < -0.3 is 4.42 Å². The highest BCUT2D eigenvalue weighted by Crippen LogP contribution is 2.11. The lowest BCUT2D eigenvalue weighted by Gasteiger charge is -1.91. The van der Waals surface area contributed by atoms with E-state index in [4.69, 9.17) is 28.2 Å². The lowest BCUT2D eigenvalue weighted by molar-refractivity contribution is 0.527. The number of H-pyrrole nitrogens is 1. The molecule has 1 aromatic heterocycles. The molecule has 0 spiro atoms. The Bertz CT molecular complexity index is 527. The maximum absolute atomic E-state index is 5.76. The number of benzene rings is 1. The van der Waals surface area contributed by atoms with E-state index in [0.717, 1.165) is 5.56 Å². The second kappa shape index (κ2) is 4.42. The normalized spacial score (nSPS) is 11.0. The van der Waals surface area contributed by atoms with Crippen molar-refractivity contribution < 1.29 is 4.42 Å². The van der Waals surface area contributed by atoms with Gasteiger partial charge in [0.2, 0.25) is 5.89 Å². The van der Waals surface area contributed by atoms with E-state index in [1.54, 1.807) is 6.08 Å². The van der Waals surface area contributed by atoms with Gasteiger partial charge in [-0.15, -0.1) is 5.10 Å². The number of hydrogen-bond donors (Lipinski definition) is 1. The molecular weight excluding hydrogens is 232 g/mol. The largest absolute Gasteiger partial charge is 0.410 e. The first-order valence-corrected chi connectivity index (χ1v) is 5.02. The predicted octanol–water partition coefficient (Wildman–Crippen LogP) is 3.56. The molecule has 15 heavy (non-hydrogen) atoms. The highest BCUT2D eigenvalue weighted by atomic mass is 35.5. The minimum Gasteiger partial charge on any atom is -0.410 e. The van der Waals surface area contributed by atoms with Crippen molar-refractivity contribution in [3.8, 4) is 0 Å². The van der Waals surface area contributed by atoms with Gasteiger partial charge in [0, 0.05) is 11.1 Å². The molecule has 1 aromatic carbocycles. The van der Waals surface area contributed by atoms with Crippen molar-refractivity contribution in [1.82, 2.24) is 10.2 Å². The van der Waals surface area contributed by atoms with E-state index in [1.807, 2.05) is 30.3 Å². The van der Waals surface area contributed by atoms with Crippen LogP contribution >= 0.6 is 23.8 Å². The van der Waals surface area contributed by atoms with Gasteiger partial charge in [-0.1, -0.05) is 23.7 Å². The molecule has 0 radical (unpaired) electrons. The first-order chi connectivity index (χ1) is 7.24. The number of nitrogens with zero attached hydrogens (tertiary/aromatic N) is 1. The van der Waals surface area contributed by atoms with Crippen LogP contribution in [0.25, 0.3) is 12.2 Å². The SMILES string of the molecule is S=c1[nH]nc(C=Cc2ccc(Cl)cc2)o1. The third-order valence-electron chi connectivity index (χ3n) is 1.74. The standard InChI is InChI=1S/C10H7ClN2OS/c11-8-4-1-7(2-5-8)3-6-9-12-13-10(15)14-9/h1-6H,(H,13,15). The van der Waals surface area contributed by atoms with Crippen molar-refractivity contribution in [3.05, 3.63) is 45.6 Å². The van der Waals surface area contributed by atoms with Crippen LogP contribution in [0.1, 0.15) is 11.5 Å². The van der Waals surface area contributed by atoms with Crippen molar-refractivity contribution in [2.45, 2.75) is 0 Å². The molecule has 0 aliphatic carbocycles. The summed E-state index contributed by atoms with van der Waals surface area (Å²) in [5.74, 6) is 0.454. The molecule has 0 bridgehead atoms. The summed E-state index contributed by atoms with van der Waals surface area (Å²) in [6.45, 7) is 0. The molecule has 0 aliphatic heterocycles. The smallest absolute Gasteiger partial charge is 0.284 e. The molecule has 1 heterocycles. The zero-order valence-electron chi connectivity index (χ0n) is 7.61. The van der Waals surface area contributed by atoms with E-state index in [0.29, 0.717) is 10.9 Å². The number of aromatic nitrogens is 2. The van der Waals surface area contributed by atoms with Crippen molar-refractivity contribution >= 4 is 36.0 Å². The van der Waals surface area contributed by atoms with Crippen LogP contribution in [0.15, 0.2) is 28.7 Å². The molecule has 76 valence electrons. The number of nitrogens with one attached hydrogen (secondary N) is 1. The van der Waals surface area contributed by atoms with Gasteiger partial charge in [0.25, 0.3) is 4.84 Å². The highest BCUT2D eigenvalue weighted by Gasteiger charge is 1.93. The number of rotatable bonds is 2. The highest BCUT2D eigenvalue weighted by molar-refractivity contribution is 7.71. The summed E-state index contributed by atoms with van der Waals surface area (Å²) in [6, 6.07) is 7.45. The van der Waals surface area contributed by atoms with Crippen LogP contribution in [0.5, 0.6) is 0 Å². The molecule has 2 rings (SSSR count). The zero-order chi connectivity index (χ0) is 10.7. The Labute approximate surface area is 96.4 Å². The molecular formula is C10H7ClN2OS. The molecule has 0 atom stereocenters. The van der Waals surface area contributed by atoms with E-state index in [-0.39, 0.29) is 4.84 Å². The Morgan fingerprint density at radius 1 is 1.27 bits per heavy atom. The van der Waals surface area contributed by atoms with E-state index < -0.39 is 0 Å².